The third kappa shape index (κ3) is 6.41. The third-order valence-electron chi connectivity index (χ3n) is 10.4. The minimum absolute atomic E-state index is 0.0468. The number of amides is 2. The van der Waals surface area contributed by atoms with Gasteiger partial charge in [0.15, 0.2) is 11.5 Å². The number of aryl methyl sites for hydroxylation is 1. The number of anilines is 1. The maximum atomic E-state index is 14.1. The third-order valence-corrected chi connectivity index (χ3v) is 10.4. The lowest BCUT2D eigenvalue weighted by Gasteiger charge is -2.48. The van der Waals surface area contributed by atoms with Crippen LogP contribution in [0.1, 0.15) is 82.9 Å². The van der Waals surface area contributed by atoms with Crippen molar-refractivity contribution in [1.29, 1.82) is 0 Å². The molecular weight excluding hydrogens is 586 g/mol. The van der Waals surface area contributed by atoms with E-state index in [-0.39, 0.29) is 29.1 Å². The topological polar surface area (TPSA) is 126 Å². The van der Waals surface area contributed by atoms with Crippen molar-refractivity contribution >= 4 is 17.5 Å². The van der Waals surface area contributed by atoms with E-state index in [1.54, 1.807) is 33.5 Å². The van der Waals surface area contributed by atoms with Crippen LogP contribution in [0.15, 0.2) is 29.1 Å². The molecule has 5 atom stereocenters. The van der Waals surface area contributed by atoms with Gasteiger partial charge in [-0.2, -0.15) is 0 Å². The van der Waals surface area contributed by atoms with Crippen LogP contribution in [0, 0.1) is 11.8 Å². The second kappa shape index (κ2) is 13.9. The van der Waals surface area contributed by atoms with Gasteiger partial charge in [0.05, 0.1) is 38.7 Å². The fraction of sp³-hybridized carbons (Fsp3) is 0.583. The molecule has 10 heteroatoms. The quantitative estimate of drug-likeness (QED) is 0.357. The van der Waals surface area contributed by atoms with Gasteiger partial charge in [-0.25, -0.2) is 0 Å². The predicted molar refractivity (Wildman–Crippen MR) is 178 cm³/mol. The standard InChI is InChI=1S/C36H49N3O7/c1-7-21(2)32(35(42)39-17-16-36(43)15-9-8-10-24(36)20-39)38-28-14-12-25-26(19-29(28)41)27(37-22(3)40)13-11-23-18-30(44-4)33(45-5)34(46-6)31(23)25/h12,14,18-19,21,24,27,32,43H,7-11,13,15-17,20H2,1-6H3,(H,37,40)(H,38,41). The molecule has 1 heterocycles. The Labute approximate surface area is 271 Å². The van der Waals surface area contributed by atoms with Crippen LogP contribution in [0.25, 0.3) is 11.1 Å². The second-order valence-corrected chi connectivity index (χ2v) is 13.2. The number of piperidine rings is 1. The van der Waals surface area contributed by atoms with Crippen molar-refractivity contribution in [2.45, 2.75) is 89.8 Å². The lowest BCUT2D eigenvalue weighted by molar-refractivity contribution is -0.145. The van der Waals surface area contributed by atoms with E-state index in [4.69, 9.17) is 14.2 Å². The Morgan fingerprint density at radius 2 is 1.83 bits per heavy atom. The first-order valence-electron chi connectivity index (χ1n) is 16.6. The molecule has 5 unspecified atom stereocenters. The number of carbonyl (C=O) groups excluding carboxylic acids is 2. The Morgan fingerprint density at radius 1 is 1.07 bits per heavy atom. The summed E-state index contributed by atoms with van der Waals surface area (Å²) >= 11 is 0. The van der Waals surface area contributed by atoms with Crippen molar-refractivity contribution < 1.29 is 28.9 Å². The molecule has 1 saturated carbocycles. The van der Waals surface area contributed by atoms with Gasteiger partial charge in [0.25, 0.3) is 0 Å². The molecule has 2 amide bonds. The average molecular weight is 636 g/mol. The zero-order valence-corrected chi connectivity index (χ0v) is 28.0. The van der Waals surface area contributed by atoms with Crippen molar-refractivity contribution in [1.82, 2.24) is 10.2 Å². The Bertz CT molecular complexity index is 1530. The summed E-state index contributed by atoms with van der Waals surface area (Å²) < 4.78 is 17.2. The summed E-state index contributed by atoms with van der Waals surface area (Å²) in [5, 5.41) is 17.6. The van der Waals surface area contributed by atoms with Crippen LogP contribution in [0.3, 0.4) is 0 Å². The lowest BCUT2D eigenvalue weighted by atomic mass is 9.71. The predicted octanol–water partition coefficient (Wildman–Crippen LogP) is 4.84. The summed E-state index contributed by atoms with van der Waals surface area (Å²) in [5.41, 5.74) is 2.45. The van der Waals surface area contributed by atoms with Gasteiger partial charge in [-0.05, 0) is 72.9 Å². The van der Waals surface area contributed by atoms with Crippen LogP contribution in [0.2, 0.25) is 0 Å². The van der Waals surface area contributed by atoms with Gasteiger partial charge in [0, 0.05) is 31.5 Å². The van der Waals surface area contributed by atoms with Crippen LogP contribution in [-0.4, -0.2) is 67.9 Å². The minimum Gasteiger partial charge on any atom is -0.493 e. The van der Waals surface area contributed by atoms with E-state index in [0.717, 1.165) is 48.8 Å². The highest BCUT2D eigenvalue weighted by Gasteiger charge is 2.45. The molecule has 2 fully saturated rings. The molecule has 0 aromatic heterocycles. The number of benzene rings is 1. The van der Waals surface area contributed by atoms with Gasteiger partial charge < -0.3 is 34.9 Å². The molecule has 1 aliphatic heterocycles. The lowest BCUT2D eigenvalue weighted by Crippen LogP contribution is -2.57. The highest BCUT2D eigenvalue weighted by atomic mass is 16.5. The molecule has 0 spiro atoms. The average Bonchev–Trinajstić information content (AvgIpc) is 3.29. The monoisotopic (exact) mass is 635 g/mol. The van der Waals surface area contributed by atoms with Crippen molar-refractivity contribution in [2.75, 3.05) is 39.7 Å². The van der Waals surface area contributed by atoms with E-state index < -0.39 is 17.7 Å². The largest absolute Gasteiger partial charge is 0.493 e. The Balaban J connectivity index is 1.57. The SMILES string of the molecule is CCC(C)C(Nc1ccc2c(cc1=O)C(NC(C)=O)CCc1cc(OC)c(OC)c(OC)c1-2)C(=O)N1CCC2(O)CCCCC2C1. The Hall–Kier alpha value is -3.79. The van der Waals surface area contributed by atoms with E-state index in [1.165, 1.54) is 6.92 Å². The number of rotatable bonds is 9. The van der Waals surface area contributed by atoms with Gasteiger partial charge in [0.1, 0.15) is 6.04 Å². The highest BCUT2D eigenvalue weighted by Crippen LogP contribution is 2.50. The van der Waals surface area contributed by atoms with E-state index in [1.807, 2.05) is 30.9 Å². The maximum Gasteiger partial charge on any atom is 0.245 e. The van der Waals surface area contributed by atoms with Crippen molar-refractivity contribution in [3.63, 3.8) is 0 Å². The van der Waals surface area contributed by atoms with Gasteiger partial charge in [-0.15, -0.1) is 0 Å². The van der Waals surface area contributed by atoms with Crippen molar-refractivity contribution in [3.05, 3.63) is 45.6 Å². The molecule has 2 aliphatic carbocycles. The minimum atomic E-state index is -0.685. The van der Waals surface area contributed by atoms with Crippen molar-refractivity contribution in [3.8, 4) is 28.4 Å². The summed E-state index contributed by atoms with van der Waals surface area (Å²) in [6, 6.07) is 6.05. The van der Waals surface area contributed by atoms with Crippen LogP contribution in [0.5, 0.6) is 17.2 Å². The summed E-state index contributed by atoms with van der Waals surface area (Å²) in [4.78, 5) is 42.3. The summed E-state index contributed by atoms with van der Waals surface area (Å²) in [7, 11) is 4.69. The number of hydrogen-bond acceptors (Lipinski definition) is 8. The summed E-state index contributed by atoms with van der Waals surface area (Å²) in [5.74, 6) is 1.23. The first-order chi connectivity index (χ1) is 22.0. The molecule has 3 N–H and O–H groups in total. The molecule has 1 saturated heterocycles. The van der Waals surface area contributed by atoms with E-state index in [0.29, 0.717) is 60.9 Å². The van der Waals surface area contributed by atoms with Gasteiger partial charge >= 0.3 is 0 Å². The number of nitrogens with one attached hydrogen (secondary N) is 2. The molecule has 3 aliphatic rings. The zero-order valence-electron chi connectivity index (χ0n) is 28.0. The van der Waals surface area contributed by atoms with Crippen LogP contribution < -0.4 is 30.3 Å². The molecule has 10 nitrogen and oxygen atoms in total. The smallest absolute Gasteiger partial charge is 0.245 e. The Morgan fingerprint density at radius 3 is 2.50 bits per heavy atom. The number of hydrogen-bond donors (Lipinski definition) is 3. The molecule has 46 heavy (non-hydrogen) atoms. The van der Waals surface area contributed by atoms with Gasteiger partial charge in [-0.3, -0.25) is 14.4 Å². The molecular formula is C36H49N3O7. The number of likely N-dealkylation sites (tertiary alicyclic amines) is 1. The van der Waals surface area contributed by atoms with E-state index in [2.05, 4.69) is 10.6 Å². The molecule has 5 rings (SSSR count). The number of aliphatic hydroxyl groups is 1. The first-order valence-corrected chi connectivity index (χ1v) is 16.6. The number of ether oxygens (including phenoxy) is 3. The normalized spacial score (nSPS) is 23.4. The van der Waals surface area contributed by atoms with Crippen LogP contribution in [-0.2, 0) is 16.0 Å². The number of nitrogens with zero attached hydrogens (tertiary/aromatic N) is 1. The zero-order chi connectivity index (χ0) is 33.2. The molecule has 2 aromatic rings. The van der Waals surface area contributed by atoms with Gasteiger partial charge in [0.2, 0.25) is 23.0 Å². The van der Waals surface area contributed by atoms with Crippen LogP contribution >= 0.6 is 0 Å². The number of fused-ring (bicyclic) bond motifs is 4. The van der Waals surface area contributed by atoms with E-state index >= 15 is 0 Å². The molecule has 250 valence electrons. The summed E-state index contributed by atoms with van der Waals surface area (Å²) in [6.07, 6.45) is 6.29. The molecule has 0 bridgehead atoms. The fourth-order valence-electron chi connectivity index (χ4n) is 7.65. The summed E-state index contributed by atoms with van der Waals surface area (Å²) in [6.45, 7) is 6.56. The highest BCUT2D eigenvalue weighted by molar-refractivity contribution is 5.86. The van der Waals surface area contributed by atoms with Gasteiger partial charge in [-0.1, -0.05) is 39.2 Å². The van der Waals surface area contributed by atoms with Crippen molar-refractivity contribution in [2.24, 2.45) is 11.8 Å². The first kappa shape index (κ1) is 33.6. The number of methoxy groups -OCH3 is 3. The molecule has 2 aromatic carbocycles. The fourth-order valence-corrected chi connectivity index (χ4v) is 7.65. The maximum absolute atomic E-state index is 14.1. The molecule has 0 radical (unpaired) electrons. The number of carbonyl (C=O) groups is 2. The second-order valence-electron chi connectivity index (χ2n) is 13.2. The van der Waals surface area contributed by atoms with E-state index in [9.17, 15) is 19.5 Å². The Kier molecular flexibility index (Phi) is 10.2. The van der Waals surface area contributed by atoms with Crippen LogP contribution in [0.4, 0.5) is 5.69 Å².